The van der Waals surface area contributed by atoms with Crippen molar-refractivity contribution in [2.24, 2.45) is 0 Å². The van der Waals surface area contributed by atoms with E-state index in [4.69, 9.17) is 0 Å². The third-order valence-electron chi connectivity index (χ3n) is 3.42. The fraction of sp³-hybridized carbons (Fsp3) is 1.00. The average molecular weight is 199 g/mol. The first kappa shape index (κ1) is 12.0. The summed E-state index contributed by atoms with van der Waals surface area (Å²) in [4.78, 5) is 5.02. The molecule has 0 amide bonds. The SMILES string of the molecule is CCC(CN1CCN(C)C(C)C1)NC. The number of nitrogens with one attached hydrogen (secondary N) is 1. The van der Waals surface area contributed by atoms with Crippen molar-refractivity contribution in [1.29, 1.82) is 0 Å². The maximum atomic E-state index is 3.37. The lowest BCUT2D eigenvalue weighted by molar-refractivity contribution is 0.0973. The van der Waals surface area contributed by atoms with Crippen LogP contribution in [0.4, 0.5) is 0 Å². The molecule has 2 unspecified atom stereocenters. The van der Waals surface area contributed by atoms with Crippen LogP contribution in [-0.4, -0.2) is 62.2 Å². The monoisotopic (exact) mass is 199 g/mol. The minimum absolute atomic E-state index is 0.658. The molecule has 0 aliphatic carbocycles. The van der Waals surface area contributed by atoms with E-state index in [1.165, 1.54) is 32.6 Å². The van der Waals surface area contributed by atoms with Gasteiger partial charge in [0.1, 0.15) is 0 Å². The topological polar surface area (TPSA) is 18.5 Å². The molecule has 0 bridgehead atoms. The molecule has 84 valence electrons. The van der Waals surface area contributed by atoms with Gasteiger partial charge >= 0.3 is 0 Å². The van der Waals surface area contributed by atoms with Crippen LogP contribution < -0.4 is 5.32 Å². The van der Waals surface area contributed by atoms with Gasteiger partial charge in [-0.15, -0.1) is 0 Å². The molecule has 2 atom stereocenters. The zero-order valence-electron chi connectivity index (χ0n) is 10.1. The van der Waals surface area contributed by atoms with Gasteiger partial charge in [-0.1, -0.05) is 6.92 Å². The number of nitrogens with zero attached hydrogens (tertiary/aromatic N) is 2. The summed E-state index contributed by atoms with van der Waals surface area (Å²) in [6.45, 7) is 9.41. The second-order valence-electron chi connectivity index (χ2n) is 4.48. The summed E-state index contributed by atoms with van der Waals surface area (Å²) in [5.41, 5.74) is 0. The Labute approximate surface area is 88.5 Å². The van der Waals surface area contributed by atoms with Gasteiger partial charge in [-0.2, -0.15) is 0 Å². The highest BCUT2D eigenvalue weighted by molar-refractivity contribution is 4.79. The Morgan fingerprint density at radius 3 is 2.64 bits per heavy atom. The van der Waals surface area contributed by atoms with Crippen LogP contribution in [0.1, 0.15) is 20.3 Å². The Balaban J connectivity index is 2.32. The highest BCUT2D eigenvalue weighted by Crippen LogP contribution is 2.07. The van der Waals surface area contributed by atoms with Crippen molar-refractivity contribution in [1.82, 2.24) is 15.1 Å². The largest absolute Gasteiger partial charge is 0.316 e. The number of rotatable bonds is 4. The maximum Gasteiger partial charge on any atom is 0.0192 e. The van der Waals surface area contributed by atoms with Gasteiger partial charge in [0.25, 0.3) is 0 Å². The predicted octanol–water partition coefficient (Wildman–Crippen LogP) is 0.620. The smallest absolute Gasteiger partial charge is 0.0192 e. The lowest BCUT2D eigenvalue weighted by atomic mass is 10.1. The van der Waals surface area contributed by atoms with Gasteiger partial charge in [0.15, 0.2) is 0 Å². The first-order valence-corrected chi connectivity index (χ1v) is 5.77. The van der Waals surface area contributed by atoms with E-state index in [0.29, 0.717) is 12.1 Å². The Kier molecular flexibility index (Phi) is 4.85. The Morgan fingerprint density at radius 1 is 1.43 bits per heavy atom. The number of hydrogen-bond donors (Lipinski definition) is 1. The van der Waals surface area contributed by atoms with Crippen molar-refractivity contribution in [3.05, 3.63) is 0 Å². The predicted molar refractivity (Wildman–Crippen MR) is 61.7 cm³/mol. The van der Waals surface area contributed by atoms with Crippen LogP contribution in [0.15, 0.2) is 0 Å². The normalized spacial score (nSPS) is 27.9. The third-order valence-corrected chi connectivity index (χ3v) is 3.42. The molecule has 3 nitrogen and oxygen atoms in total. The maximum absolute atomic E-state index is 3.37. The van der Waals surface area contributed by atoms with E-state index in [1.807, 2.05) is 0 Å². The minimum atomic E-state index is 0.658. The molecular formula is C11H25N3. The molecule has 1 aliphatic heterocycles. The molecule has 1 fully saturated rings. The molecule has 0 aromatic heterocycles. The van der Waals surface area contributed by atoms with Gasteiger partial charge in [0.2, 0.25) is 0 Å². The van der Waals surface area contributed by atoms with Crippen molar-refractivity contribution in [3.8, 4) is 0 Å². The second-order valence-corrected chi connectivity index (χ2v) is 4.48. The van der Waals surface area contributed by atoms with Crippen molar-refractivity contribution >= 4 is 0 Å². The summed E-state index contributed by atoms with van der Waals surface area (Å²) in [5, 5.41) is 3.37. The molecule has 1 N–H and O–H groups in total. The van der Waals surface area contributed by atoms with Gasteiger partial charge < -0.3 is 10.2 Å². The Bertz CT molecular complexity index is 157. The van der Waals surface area contributed by atoms with Crippen LogP contribution in [0.5, 0.6) is 0 Å². The lowest BCUT2D eigenvalue weighted by Gasteiger charge is -2.39. The van der Waals surface area contributed by atoms with E-state index >= 15 is 0 Å². The summed E-state index contributed by atoms with van der Waals surface area (Å²) < 4.78 is 0. The van der Waals surface area contributed by atoms with E-state index < -0.39 is 0 Å². The summed E-state index contributed by atoms with van der Waals surface area (Å²) in [7, 11) is 4.28. The van der Waals surface area contributed by atoms with Crippen molar-refractivity contribution < 1.29 is 0 Å². The van der Waals surface area contributed by atoms with E-state index in [9.17, 15) is 0 Å². The molecular weight excluding hydrogens is 174 g/mol. The first-order valence-electron chi connectivity index (χ1n) is 5.77. The van der Waals surface area contributed by atoms with Crippen LogP contribution in [0.2, 0.25) is 0 Å². The number of hydrogen-bond acceptors (Lipinski definition) is 3. The van der Waals surface area contributed by atoms with Crippen LogP contribution >= 0.6 is 0 Å². The zero-order valence-corrected chi connectivity index (χ0v) is 10.1. The summed E-state index contributed by atoms with van der Waals surface area (Å²) in [5.74, 6) is 0. The van der Waals surface area contributed by atoms with Gasteiger partial charge in [0.05, 0.1) is 0 Å². The lowest BCUT2D eigenvalue weighted by Crippen LogP contribution is -2.53. The fourth-order valence-corrected chi connectivity index (χ4v) is 2.03. The molecule has 0 spiro atoms. The average Bonchev–Trinajstić information content (AvgIpc) is 2.19. The van der Waals surface area contributed by atoms with Crippen molar-refractivity contribution in [3.63, 3.8) is 0 Å². The molecule has 0 aromatic carbocycles. The van der Waals surface area contributed by atoms with Crippen LogP contribution in [-0.2, 0) is 0 Å². The highest BCUT2D eigenvalue weighted by Gasteiger charge is 2.21. The van der Waals surface area contributed by atoms with Crippen LogP contribution in [0.3, 0.4) is 0 Å². The Hall–Kier alpha value is -0.120. The second kappa shape index (κ2) is 5.69. The van der Waals surface area contributed by atoms with E-state index in [2.05, 4.69) is 43.1 Å². The van der Waals surface area contributed by atoms with Crippen LogP contribution in [0.25, 0.3) is 0 Å². The van der Waals surface area contributed by atoms with Crippen LogP contribution in [0, 0.1) is 0 Å². The van der Waals surface area contributed by atoms with E-state index in [1.54, 1.807) is 0 Å². The summed E-state index contributed by atoms with van der Waals surface area (Å²) >= 11 is 0. The molecule has 3 heteroatoms. The molecule has 1 aliphatic rings. The highest BCUT2D eigenvalue weighted by atomic mass is 15.3. The molecule has 1 saturated heterocycles. The van der Waals surface area contributed by atoms with Crippen molar-refractivity contribution in [2.75, 3.05) is 40.3 Å². The first-order chi connectivity index (χ1) is 6.67. The number of likely N-dealkylation sites (N-methyl/N-ethyl adjacent to an activating group) is 2. The zero-order chi connectivity index (χ0) is 10.6. The third kappa shape index (κ3) is 3.23. The van der Waals surface area contributed by atoms with Crippen molar-refractivity contribution in [2.45, 2.75) is 32.4 Å². The molecule has 1 heterocycles. The minimum Gasteiger partial charge on any atom is -0.316 e. The molecule has 14 heavy (non-hydrogen) atoms. The summed E-state index contributed by atoms with van der Waals surface area (Å²) in [6, 6.07) is 1.36. The van der Waals surface area contributed by atoms with Gasteiger partial charge in [0, 0.05) is 38.3 Å². The Morgan fingerprint density at radius 2 is 2.14 bits per heavy atom. The standard InChI is InChI=1S/C11H25N3/c1-5-11(12-3)9-14-7-6-13(4)10(2)8-14/h10-12H,5-9H2,1-4H3. The molecule has 0 saturated carbocycles. The van der Waals surface area contributed by atoms with E-state index in [0.717, 1.165) is 0 Å². The summed E-state index contributed by atoms with van der Waals surface area (Å²) in [6.07, 6.45) is 1.22. The van der Waals surface area contributed by atoms with Gasteiger partial charge in [-0.25, -0.2) is 0 Å². The van der Waals surface area contributed by atoms with Gasteiger partial charge in [-0.05, 0) is 27.4 Å². The molecule has 0 aromatic rings. The molecule has 1 rings (SSSR count). The quantitative estimate of drug-likeness (QED) is 0.716. The molecule has 0 radical (unpaired) electrons. The number of piperazine rings is 1. The van der Waals surface area contributed by atoms with E-state index in [-0.39, 0.29) is 0 Å². The van der Waals surface area contributed by atoms with Gasteiger partial charge in [-0.3, -0.25) is 4.90 Å². The fourth-order valence-electron chi connectivity index (χ4n) is 2.03.